The summed E-state index contributed by atoms with van der Waals surface area (Å²) in [5, 5.41) is 4.47. The highest BCUT2D eigenvalue weighted by molar-refractivity contribution is 5.18. The van der Waals surface area contributed by atoms with Crippen LogP contribution in [0.3, 0.4) is 0 Å². The Morgan fingerprint density at radius 3 is 2.46 bits per heavy atom. The zero-order valence-corrected chi connectivity index (χ0v) is 13.3. The van der Waals surface area contributed by atoms with E-state index in [0.717, 1.165) is 37.7 Å². The number of nitrogens with zero attached hydrogens (tertiary/aromatic N) is 3. The lowest BCUT2D eigenvalue weighted by molar-refractivity contribution is 0.0763. The monoisotopic (exact) mass is 331 g/mol. The van der Waals surface area contributed by atoms with Gasteiger partial charge in [0.15, 0.2) is 0 Å². The van der Waals surface area contributed by atoms with Crippen LogP contribution in [0.15, 0.2) is 35.1 Å². The van der Waals surface area contributed by atoms with E-state index in [4.69, 9.17) is 0 Å². The summed E-state index contributed by atoms with van der Waals surface area (Å²) in [6.07, 6.45) is 2.32. The van der Waals surface area contributed by atoms with Gasteiger partial charge in [-0.3, -0.25) is 9.69 Å². The van der Waals surface area contributed by atoms with Crippen LogP contribution in [0.4, 0.5) is 8.78 Å². The Bertz CT molecular complexity index is 790. The van der Waals surface area contributed by atoms with Gasteiger partial charge >= 0.3 is 0 Å². The lowest BCUT2D eigenvalue weighted by atomic mass is 9.99. The smallest absolute Gasteiger partial charge is 0.266 e. The minimum atomic E-state index is -0.547. The molecule has 4 rings (SSSR count). The van der Waals surface area contributed by atoms with Gasteiger partial charge in [-0.15, -0.1) is 0 Å². The molecule has 2 aromatic rings. The van der Waals surface area contributed by atoms with Crippen LogP contribution in [0.5, 0.6) is 0 Å². The standard InChI is InChI=1S/C18H19F2N3O/c19-15-5-12(6-16(20)7-15)8-22-9-13(10-22)11-23-18(24)4-3-17(21-23)14-1-2-14/h3-7,13-14H,1-2,8-11H2. The quantitative estimate of drug-likeness (QED) is 0.845. The lowest BCUT2D eigenvalue weighted by Crippen LogP contribution is -2.48. The first-order chi connectivity index (χ1) is 11.6. The van der Waals surface area contributed by atoms with Crippen molar-refractivity contribution >= 4 is 0 Å². The van der Waals surface area contributed by atoms with Crippen LogP contribution in [-0.4, -0.2) is 27.8 Å². The Kier molecular flexibility index (Phi) is 3.92. The fourth-order valence-corrected chi connectivity index (χ4v) is 3.32. The summed E-state index contributed by atoms with van der Waals surface area (Å²) < 4.78 is 28.0. The summed E-state index contributed by atoms with van der Waals surface area (Å²) in [6.45, 7) is 2.74. The molecule has 1 aliphatic carbocycles. The largest absolute Gasteiger partial charge is 0.298 e. The van der Waals surface area contributed by atoms with Gasteiger partial charge in [-0.1, -0.05) is 0 Å². The van der Waals surface area contributed by atoms with Crippen molar-refractivity contribution in [3.8, 4) is 0 Å². The highest BCUT2D eigenvalue weighted by Gasteiger charge is 2.29. The summed E-state index contributed by atoms with van der Waals surface area (Å²) >= 11 is 0. The molecule has 2 heterocycles. The Morgan fingerprint density at radius 1 is 1.08 bits per heavy atom. The fraction of sp³-hybridized carbons (Fsp3) is 0.444. The molecular formula is C18H19F2N3O. The Morgan fingerprint density at radius 2 is 1.79 bits per heavy atom. The highest BCUT2D eigenvalue weighted by Crippen LogP contribution is 2.38. The second kappa shape index (κ2) is 6.09. The van der Waals surface area contributed by atoms with Gasteiger partial charge in [0.1, 0.15) is 11.6 Å². The molecule has 0 spiro atoms. The van der Waals surface area contributed by atoms with Crippen LogP contribution in [0.2, 0.25) is 0 Å². The number of benzene rings is 1. The van der Waals surface area contributed by atoms with E-state index in [9.17, 15) is 13.6 Å². The minimum absolute atomic E-state index is 0.0648. The van der Waals surface area contributed by atoms with Crippen molar-refractivity contribution in [2.75, 3.05) is 13.1 Å². The lowest BCUT2D eigenvalue weighted by Gasteiger charge is -2.39. The van der Waals surface area contributed by atoms with E-state index in [-0.39, 0.29) is 5.56 Å². The molecule has 2 fully saturated rings. The molecule has 0 amide bonds. The van der Waals surface area contributed by atoms with E-state index in [1.54, 1.807) is 10.7 Å². The number of hydrogen-bond donors (Lipinski definition) is 0. The van der Waals surface area contributed by atoms with Crippen LogP contribution in [-0.2, 0) is 13.1 Å². The van der Waals surface area contributed by atoms with E-state index >= 15 is 0 Å². The molecule has 1 aromatic heterocycles. The molecule has 24 heavy (non-hydrogen) atoms. The molecule has 0 bridgehead atoms. The number of likely N-dealkylation sites (tertiary alicyclic amines) is 1. The molecule has 0 radical (unpaired) electrons. The molecule has 1 saturated heterocycles. The van der Waals surface area contributed by atoms with Crippen LogP contribution < -0.4 is 5.56 Å². The maximum absolute atomic E-state index is 13.2. The van der Waals surface area contributed by atoms with Crippen molar-refractivity contribution in [3.05, 3.63) is 63.6 Å². The van der Waals surface area contributed by atoms with Crippen molar-refractivity contribution in [3.63, 3.8) is 0 Å². The van der Waals surface area contributed by atoms with Gasteiger partial charge in [-0.2, -0.15) is 5.10 Å². The first kappa shape index (κ1) is 15.4. The van der Waals surface area contributed by atoms with Gasteiger partial charge in [-0.05, 0) is 36.6 Å². The second-order valence-corrected chi connectivity index (χ2v) is 6.89. The molecule has 0 unspecified atom stereocenters. The Labute approximate surface area is 138 Å². The predicted molar refractivity (Wildman–Crippen MR) is 85.6 cm³/mol. The highest BCUT2D eigenvalue weighted by atomic mass is 19.1. The zero-order valence-electron chi connectivity index (χ0n) is 13.3. The molecule has 6 heteroatoms. The van der Waals surface area contributed by atoms with Gasteiger partial charge in [0, 0.05) is 43.6 Å². The zero-order chi connectivity index (χ0) is 16.7. The third-order valence-corrected chi connectivity index (χ3v) is 4.68. The third kappa shape index (κ3) is 3.38. The molecule has 0 atom stereocenters. The average molecular weight is 331 g/mol. The normalized spacial score (nSPS) is 18.6. The molecular weight excluding hydrogens is 312 g/mol. The Hall–Kier alpha value is -2.08. The average Bonchev–Trinajstić information content (AvgIpc) is 3.30. The van der Waals surface area contributed by atoms with Crippen LogP contribution in [0.25, 0.3) is 0 Å². The number of halogens is 2. The SMILES string of the molecule is O=c1ccc(C2CC2)nn1CC1CN(Cc2cc(F)cc(F)c2)C1. The van der Waals surface area contributed by atoms with Crippen LogP contribution >= 0.6 is 0 Å². The maximum Gasteiger partial charge on any atom is 0.266 e. The number of aromatic nitrogens is 2. The van der Waals surface area contributed by atoms with Gasteiger partial charge in [0.25, 0.3) is 5.56 Å². The Balaban J connectivity index is 1.34. The van der Waals surface area contributed by atoms with Crippen LogP contribution in [0.1, 0.15) is 30.0 Å². The van der Waals surface area contributed by atoms with Gasteiger partial charge < -0.3 is 0 Å². The van der Waals surface area contributed by atoms with E-state index < -0.39 is 11.6 Å². The van der Waals surface area contributed by atoms with Crippen molar-refractivity contribution < 1.29 is 8.78 Å². The molecule has 126 valence electrons. The molecule has 1 aliphatic heterocycles. The van der Waals surface area contributed by atoms with E-state index in [1.807, 2.05) is 6.07 Å². The first-order valence-electron chi connectivity index (χ1n) is 8.32. The second-order valence-electron chi connectivity index (χ2n) is 6.89. The summed E-state index contributed by atoms with van der Waals surface area (Å²) in [5.74, 6) is -0.217. The van der Waals surface area contributed by atoms with Gasteiger partial charge in [0.05, 0.1) is 12.2 Å². The van der Waals surface area contributed by atoms with Crippen molar-refractivity contribution in [2.45, 2.75) is 31.8 Å². The predicted octanol–water partition coefficient (Wildman–Crippen LogP) is 2.53. The van der Waals surface area contributed by atoms with Gasteiger partial charge in [0.2, 0.25) is 0 Å². The molecule has 2 aliphatic rings. The number of hydrogen-bond acceptors (Lipinski definition) is 3. The molecule has 1 aromatic carbocycles. The molecule has 4 nitrogen and oxygen atoms in total. The number of rotatable bonds is 5. The van der Waals surface area contributed by atoms with E-state index in [2.05, 4.69) is 10.00 Å². The first-order valence-corrected chi connectivity index (χ1v) is 8.32. The van der Waals surface area contributed by atoms with Crippen molar-refractivity contribution in [1.82, 2.24) is 14.7 Å². The minimum Gasteiger partial charge on any atom is -0.298 e. The van der Waals surface area contributed by atoms with E-state index in [1.165, 1.54) is 12.1 Å². The van der Waals surface area contributed by atoms with Crippen LogP contribution in [0, 0.1) is 17.6 Å². The fourth-order valence-electron chi connectivity index (χ4n) is 3.32. The summed E-state index contributed by atoms with van der Waals surface area (Å²) in [7, 11) is 0. The van der Waals surface area contributed by atoms with Gasteiger partial charge in [-0.25, -0.2) is 13.5 Å². The third-order valence-electron chi connectivity index (χ3n) is 4.68. The summed E-state index contributed by atoms with van der Waals surface area (Å²) in [5.41, 5.74) is 1.59. The van der Waals surface area contributed by atoms with E-state index in [0.29, 0.717) is 30.5 Å². The molecule has 1 saturated carbocycles. The maximum atomic E-state index is 13.2. The topological polar surface area (TPSA) is 38.1 Å². The summed E-state index contributed by atoms with van der Waals surface area (Å²) in [4.78, 5) is 14.1. The van der Waals surface area contributed by atoms with Crippen molar-refractivity contribution in [1.29, 1.82) is 0 Å². The van der Waals surface area contributed by atoms with Crippen molar-refractivity contribution in [2.24, 2.45) is 5.92 Å². The molecule has 0 N–H and O–H groups in total. The summed E-state index contributed by atoms with van der Waals surface area (Å²) in [6, 6.07) is 7.05.